The van der Waals surface area contributed by atoms with Crippen molar-refractivity contribution in [2.75, 3.05) is 10.6 Å². The van der Waals surface area contributed by atoms with Gasteiger partial charge in [0.1, 0.15) is 5.82 Å². The molecule has 160 valence electrons. The van der Waals surface area contributed by atoms with E-state index in [4.69, 9.17) is 0 Å². The second-order valence-electron chi connectivity index (χ2n) is 7.44. The van der Waals surface area contributed by atoms with Crippen molar-refractivity contribution in [3.05, 3.63) is 59.7 Å². The second kappa shape index (κ2) is 9.51. The van der Waals surface area contributed by atoms with E-state index in [-0.39, 0.29) is 12.4 Å². The van der Waals surface area contributed by atoms with Gasteiger partial charge in [-0.2, -0.15) is 18.2 Å². The fraction of sp³-hybridized carbons (Fsp3) is 0.364. The summed E-state index contributed by atoms with van der Waals surface area (Å²) < 4.78 is 38.1. The summed E-state index contributed by atoms with van der Waals surface area (Å²) in [7, 11) is 0. The van der Waals surface area contributed by atoms with E-state index in [9.17, 15) is 13.2 Å². The van der Waals surface area contributed by atoms with Crippen molar-refractivity contribution in [2.24, 2.45) is 0 Å². The Hall–Kier alpha value is -2.54. The summed E-state index contributed by atoms with van der Waals surface area (Å²) in [4.78, 5) is 9.21. The molecule has 3 aromatic rings. The minimum atomic E-state index is -4.33. The largest absolute Gasteiger partial charge is 0.416 e. The number of anilines is 2. The lowest BCUT2D eigenvalue weighted by molar-refractivity contribution is -0.137. The summed E-state index contributed by atoms with van der Waals surface area (Å²) in [6.45, 7) is 0.347. The molecule has 1 fully saturated rings. The Balaban J connectivity index is 0.00000256. The normalized spacial score (nSPS) is 14.9. The Morgan fingerprint density at radius 3 is 2.30 bits per heavy atom. The average molecular weight is 437 g/mol. The monoisotopic (exact) mass is 436 g/mol. The summed E-state index contributed by atoms with van der Waals surface area (Å²) in [6.07, 6.45) is 1.66. The van der Waals surface area contributed by atoms with Gasteiger partial charge in [0.05, 0.1) is 11.1 Å². The molecule has 0 bridgehead atoms. The lowest BCUT2D eigenvalue weighted by Gasteiger charge is -2.24. The molecule has 0 aliphatic heterocycles. The van der Waals surface area contributed by atoms with Gasteiger partial charge in [-0.3, -0.25) is 0 Å². The lowest BCUT2D eigenvalue weighted by Crippen LogP contribution is -2.23. The molecule has 0 unspecified atom stereocenters. The number of halogens is 4. The highest BCUT2D eigenvalue weighted by Crippen LogP contribution is 2.29. The summed E-state index contributed by atoms with van der Waals surface area (Å²) in [5, 5.41) is 7.69. The first-order chi connectivity index (χ1) is 14.0. The SMILES string of the molecule is Cl.FC(F)(F)c1ccc(CNc2nc(NC3CCCCC3)c3ccccc3n2)cc1. The minimum Gasteiger partial charge on any atom is -0.367 e. The van der Waals surface area contributed by atoms with Gasteiger partial charge in [0, 0.05) is 18.0 Å². The van der Waals surface area contributed by atoms with Gasteiger partial charge >= 0.3 is 6.18 Å². The molecule has 1 aromatic heterocycles. The van der Waals surface area contributed by atoms with Crippen LogP contribution in [0, 0.1) is 0 Å². The summed E-state index contributed by atoms with van der Waals surface area (Å²) in [6, 6.07) is 13.4. The quantitative estimate of drug-likeness (QED) is 0.484. The number of hydrogen-bond donors (Lipinski definition) is 2. The first-order valence-electron chi connectivity index (χ1n) is 9.92. The van der Waals surface area contributed by atoms with Crippen LogP contribution in [0.1, 0.15) is 43.2 Å². The van der Waals surface area contributed by atoms with Gasteiger partial charge in [-0.1, -0.05) is 43.5 Å². The second-order valence-corrected chi connectivity index (χ2v) is 7.44. The molecular formula is C22H24ClF3N4. The molecule has 30 heavy (non-hydrogen) atoms. The van der Waals surface area contributed by atoms with E-state index in [0.29, 0.717) is 18.5 Å². The Kier molecular flexibility index (Phi) is 7.02. The number of para-hydroxylation sites is 1. The highest BCUT2D eigenvalue weighted by molar-refractivity contribution is 5.90. The van der Waals surface area contributed by atoms with Crippen LogP contribution < -0.4 is 10.6 Å². The van der Waals surface area contributed by atoms with Gasteiger partial charge in [-0.25, -0.2) is 4.98 Å². The van der Waals surface area contributed by atoms with Crippen LogP contribution in [0.2, 0.25) is 0 Å². The molecule has 0 atom stereocenters. The van der Waals surface area contributed by atoms with Crippen LogP contribution >= 0.6 is 12.4 Å². The van der Waals surface area contributed by atoms with Crippen LogP contribution in [0.3, 0.4) is 0 Å². The molecule has 0 spiro atoms. The molecule has 0 radical (unpaired) electrons. The molecule has 1 heterocycles. The molecule has 8 heteroatoms. The van der Waals surface area contributed by atoms with E-state index in [1.54, 1.807) is 0 Å². The number of nitrogens with zero attached hydrogens (tertiary/aromatic N) is 2. The smallest absolute Gasteiger partial charge is 0.367 e. The number of hydrogen-bond acceptors (Lipinski definition) is 4. The maximum absolute atomic E-state index is 12.7. The van der Waals surface area contributed by atoms with Gasteiger partial charge < -0.3 is 10.6 Å². The van der Waals surface area contributed by atoms with Crippen molar-refractivity contribution in [1.82, 2.24) is 9.97 Å². The molecular weight excluding hydrogens is 413 g/mol. The van der Waals surface area contributed by atoms with Crippen molar-refractivity contribution >= 4 is 35.1 Å². The van der Waals surface area contributed by atoms with E-state index < -0.39 is 11.7 Å². The number of benzene rings is 2. The van der Waals surface area contributed by atoms with Crippen molar-refractivity contribution in [2.45, 2.75) is 50.9 Å². The summed E-state index contributed by atoms with van der Waals surface area (Å²) >= 11 is 0. The molecule has 0 amide bonds. The molecule has 2 N–H and O–H groups in total. The molecule has 0 saturated heterocycles. The van der Waals surface area contributed by atoms with Crippen LogP contribution in [0.25, 0.3) is 10.9 Å². The maximum atomic E-state index is 12.7. The third-order valence-electron chi connectivity index (χ3n) is 5.28. The first kappa shape index (κ1) is 22.2. The van der Waals surface area contributed by atoms with Crippen molar-refractivity contribution in [3.63, 3.8) is 0 Å². The van der Waals surface area contributed by atoms with Crippen LogP contribution in [-0.2, 0) is 12.7 Å². The van der Waals surface area contributed by atoms with Gasteiger partial charge in [0.2, 0.25) is 5.95 Å². The highest BCUT2D eigenvalue weighted by Gasteiger charge is 2.29. The molecule has 4 rings (SSSR count). The van der Waals surface area contributed by atoms with Crippen molar-refractivity contribution in [1.29, 1.82) is 0 Å². The van der Waals surface area contributed by atoms with E-state index >= 15 is 0 Å². The number of aromatic nitrogens is 2. The average Bonchev–Trinajstić information content (AvgIpc) is 2.73. The van der Waals surface area contributed by atoms with Crippen LogP contribution in [0.5, 0.6) is 0 Å². The van der Waals surface area contributed by atoms with Crippen LogP contribution in [-0.4, -0.2) is 16.0 Å². The molecule has 1 saturated carbocycles. The zero-order valence-electron chi connectivity index (χ0n) is 16.4. The minimum absolute atomic E-state index is 0. The highest BCUT2D eigenvalue weighted by atomic mass is 35.5. The topological polar surface area (TPSA) is 49.8 Å². The number of nitrogens with one attached hydrogen (secondary N) is 2. The fourth-order valence-electron chi connectivity index (χ4n) is 3.70. The Labute approximate surface area is 179 Å². The van der Waals surface area contributed by atoms with Crippen LogP contribution in [0.15, 0.2) is 48.5 Å². The van der Waals surface area contributed by atoms with Gasteiger partial charge in [-0.15, -0.1) is 12.4 Å². The predicted octanol–water partition coefficient (Wildman–Crippen LogP) is 6.43. The molecule has 1 aliphatic carbocycles. The van der Waals surface area contributed by atoms with E-state index in [1.165, 1.54) is 31.4 Å². The lowest BCUT2D eigenvalue weighted by atomic mass is 9.95. The van der Waals surface area contributed by atoms with Crippen molar-refractivity contribution < 1.29 is 13.2 Å². The third kappa shape index (κ3) is 5.33. The van der Waals surface area contributed by atoms with Crippen LogP contribution in [0.4, 0.5) is 24.9 Å². The van der Waals surface area contributed by atoms with E-state index in [0.717, 1.165) is 47.3 Å². The zero-order valence-corrected chi connectivity index (χ0v) is 17.2. The van der Waals surface area contributed by atoms with E-state index in [1.807, 2.05) is 24.3 Å². The zero-order chi connectivity index (χ0) is 20.3. The van der Waals surface area contributed by atoms with Gasteiger partial charge in [0.15, 0.2) is 0 Å². The molecule has 1 aliphatic rings. The number of rotatable bonds is 5. The van der Waals surface area contributed by atoms with Gasteiger partial charge in [0.25, 0.3) is 0 Å². The molecule has 2 aromatic carbocycles. The predicted molar refractivity (Wildman–Crippen MR) is 116 cm³/mol. The Morgan fingerprint density at radius 2 is 1.60 bits per heavy atom. The Bertz CT molecular complexity index is 970. The number of fused-ring (bicyclic) bond motifs is 1. The summed E-state index contributed by atoms with van der Waals surface area (Å²) in [5.74, 6) is 1.26. The van der Waals surface area contributed by atoms with E-state index in [2.05, 4.69) is 20.6 Å². The molecule has 4 nitrogen and oxygen atoms in total. The fourth-order valence-corrected chi connectivity index (χ4v) is 3.70. The summed E-state index contributed by atoms with van der Waals surface area (Å²) in [5.41, 5.74) is 0.912. The van der Waals surface area contributed by atoms with Crippen molar-refractivity contribution in [3.8, 4) is 0 Å². The first-order valence-corrected chi connectivity index (χ1v) is 9.92. The Morgan fingerprint density at radius 1 is 0.900 bits per heavy atom. The van der Waals surface area contributed by atoms with Gasteiger partial charge in [-0.05, 0) is 42.7 Å². The maximum Gasteiger partial charge on any atom is 0.416 e. The third-order valence-corrected chi connectivity index (χ3v) is 5.28. The standard InChI is InChI=1S/C22H23F3N4.ClH/c23-22(24,25)16-12-10-15(11-13-16)14-26-21-28-19-9-5-4-8-18(19)20(29-21)27-17-6-2-1-3-7-17;/h4-5,8-13,17H,1-3,6-7,14H2,(H2,26,27,28,29);1H. The number of alkyl halides is 3.